The minimum Gasteiger partial charge on any atom is -0.340 e. The van der Waals surface area contributed by atoms with Crippen LogP contribution < -0.4 is 5.32 Å². The molecular weight excluding hydrogens is 258 g/mol. The number of nitrogens with zero attached hydrogens (tertiary/aromatic N) is 4. The standard InChI is InChI=1S/C13H13N5S/c1-9-7-12(18-13(16-9)14-8-15-18)17-10-3-5-11(19-2)6-4-10/h3-8,17H,1-2H3. The van der Waals surface area contributed by atoms with Gasteiger partial charge in [-0.1, -0.05) is 0 Å². The van der Waals surface area contributed by atoms with Crippen LogP contribution in [0, 0.1) is 6.92 Å². The Morgan fingerprint density at radius 1 is 1.21 bits per heavy atom. The summed E-state index contributed by atoms with van der Waals surface area (Å²) in [6.45, 7) is 1.94. The van der Waals surface area contributed by atoms with Crippen LogP contribution in [-0.4, -0.2) is 25.8 Å². The summed E-state index contributed by atoms with van der Waals surface area (Å²) >= 11 is 1.72. The Kier molecular flexibility index (Phi) is 3.08. The average molecular weight is 271 g/mol. The summed E-state index contributed by atoms with van der Waals surface area (Å²) in [4.78, 5) is 9.66. The van der Waals surface area contributed by atoms with Gasteiger partial charge in [-0.05, 0) is 37.4 Å². The molecule has 0 saturated carbocycles. The highest BCUT2D eigenvalue weighted by Gasteiger charge is 2.05. The first-order chi connectivity index (χ1) is 9.26. The third-order valence-electron chi connectivity index (χ3n) is 2.74. The zero-order chi connectivity index (χ0) is 13.2. The average Bonchev–Trinajstić information content (AvgIpc) is 2.88. The van der Waals surface area contributed by atoms with E-state index in [1.54, 1.807) is 16.3 Å². The highest BCUT2D eigenvalue weighted by Crippen LogP contribution is 2.21. The predicted octanol–water partition coefficient (Wildman–Crippen LogP) is 2.90. The second-order valence-electron chi connectivity index (χ2n) is 4.11. The fourth-order valence-electron chi connectivity index (χ4n) is 1.84. The number of hydrogen-bond donors (Lipinski definition) is 1. The molecule has 2 heterocycles. The fourth-order valence-corrected chi connectivity index (χ4v) is 2.25. The van der Waals surface area contributed by atoms with E-state index < -0.39 is 0 Å². The molecule has 96 valence electrons. The van der Waals surface area contributed by atoms with Gasteiger partial charge in [0.1, 0.15) is 12.1 Å². The molecule has 0 fully saturated rings. The second kappa shape index (κ2) is 4.89. The number of rotatable bonds is 3. The SMILES string of the molecule is CSc1ccc(Nc2cc(C)nc3ncnn23)cc1. The van der Waals surface area contributed by atoms with Crippen molar-refractivity contribution in [3.63, 3.8) is 0 Å². The fraction of sp³-hybridized carbons (Fsp3) is 0.154. The highest BCUT2D eigenvalue weighted by atomic mass is 32.2. The Morgan fingerprint density at radius 3 is 2.74 bits per heavy atom. The molecule has 0 bridgehead atoms. The molecule has 0 aliphatic rings. The molecule has 3 rings (SSSR count). The Hall–Kier alpha value is -2.08. The van der Waals surface area contributed by atoms with Crippen molar-refractivity contribution < 1.29 is 0 Å². The summed E-state index contributed by atoms with van der Waals surface area (Å²) in [7, 11) is 0. The summed E-state index contributed by atoms with van der Waals surface area (Å²) in [5.74, 6) is 1.46. The van der Waals surface area contributed by atoms with Gasteiger partial charge in [0, 0.05) is 22.3 Å². The zero-order valence-corrected chi connectivity index (χ0v) is 11.5. The lowest BCUT2D eigenvalue weighted by Crippen LogP contribution is -2.02. The van der Waals surface area contributed by atoms with Gasteiger partial charge in [0.2, 0.25) is 0 Å². The minimum atomic E-state index is 0.600. The Labute approximate surface area is 115 Å². The first kappa shape index (κ1) is 12.0. The van der Waals surface area contributed by atoms with Crippen molar-refractivity contribution in [1.82, 2.24) is 19.6 Å². The molecule has 2 aromatic heterocycles. The molecule has 1 aromatic carbocycles. The van der Waals surface area contributed by atoms with Gasteiger partial charge in [-0.2, -0.15) is 14.6 Å². The zero-order valence-electron chi connectivity index (χ0n) is 10.7. The van der Waals surface area contributed by atoms with Crippen LogP contribution in [0.15, 0.2) is 41.6 Å². The molecule has 1 N–H and O–H groups in total. The van der Waals surface area contributed by atoms with E-state index in [2.05, 4.69) is 38.8 Å². The first-order valence-corrected chi connectivity index (χ1v) is 7.07. The summed E-state index contributed by atoms with van der Waals surface area (Å²) in [6.07, 6.45) is 3.57. The molecule has 3 aromatic rings. The first-order valence-electron chi connectivity index (χ1n) is 5.85. The smallest absolute Gasteiger partial charge is 0.254 e. The Bertz CT molecular complexity index is 705. The lowest BCUT2D eigenvalue weighted by molar-refractivity contribution is 0.937. The molecule has 0 saturated heterocycles. The van der Waals surface area contributed by atoms with Crippen molar-refractivity contribution in [2.24, 2.45) is 0 Å². The van der Waals surface area contributed by atoms with Crippen molar-refractivity contribution >= 4 is 29.0 Å². The summed E-state index contributed by atoms with van der Waals surface area (Å²) in [5.41, 5.74) is 1.92. The molecule has 0 spiro atoms. The monoisotopic (exact) mass is 271 g/mol. The summed E-state index contributed by atoms with van der Waals surface area (Å²) < 4.78 is 1.69. The number of aryl methyl sites for hydroxylation is 1. The lowest BCUT2D eigenvalue weighted by atomic mass is 10.3. The van der Waals surface area contributed by atoms with E-state index >= 15 is 0 Å². The molecule has 19 heavy (non-hydrogen) atoms. The van der Waals surface area contributed by atoms with Crippen LogP contribution in [0.3, 0.4) is 0 Å². The van der Waals surface area contributed by atoms with Gasteiger partial charge in [0.15, 0.2) is 0 Å². The normalized spacial score (nSPS) is 10.8. The number of anilines is 2. The molecule has 0 unspecified atom stereocenters. The number of aromatic nitrogens is 4. The van der Waals surface area contributed by atoms with Gasteiger partial charge >= 0.3 is 0 Å². The molecule has 0 radical (unpaired) electrons. The van der Waals surface area contributed by atoms with E-state index in [9.17, 15) is 0 Å². The second-order valence-corrected chi connectivity index (χ2v) is 4.99. The van der Waals surface area contributed by atoms with Crippen LogP contribution >= 0.6 is 11.8 Å². The number of hydrogen-bond acceptors (Lipinski definition) is 5. The van der Waals surface area contributed by atoms with Gasteiger partial charge in [-0.25, -0.2) is 4.98 Å². The van der Waals surface area contributed by atoms with Crippen molar-refractivity contribution in [1.29, 1.82) is 0 Å². The Balaban J connectivity index is 1.97. The van der Waals surface area contributed by atoms with Crippen molar-refractivity contribution in [2.75, 3.05) is 11.6 Å². The third kappa shape index (κ3) is 2.39. The number of benzene rings is 1. The van der Waals surface area contributed by atoms with Crippen LogP contribution in [-0.2, 0) is 0 Å². The maximum atomic E-state index is 4.31. The minimum absolute atomic E-state index is 0.600. The van der Waals surface area contributed by atoms with Crippen LogP contribution in [0.2, 0.25) is 0 Å². The molecule has 0 aliphatic carbocycles. The maximum Gasteiger partial charge on any atom is 0.254 e. The van der Waals surface area contributed by atoms with E-state index in [1.807, 2.05) is 25.1 Å². The van der Waals surface area contributed by atoms with Crippen LogP contribution in [0.25, 0.3) is 5.78 Å². The van der Waals surface area contributed by atoms with E-state index in [4.69, 9.17) is 0 Å². The van der Waals surface area contributed by atoms with Crippen LogP contribution in [0.4, 0.5) is 11.5 Å². The molecule has 0 aliphatic heterocycles. The number of nitrogens with one attached hydrogen (secondary N) is 1. The van der Waals surface area contributed by atoms with Gasteiger partial charge in [-0.15, -0.1) is 11.8 Å². The molecule has 6 heteroatoms. The van der Waals surface area contributed by atoms with Gasteiger partial charge in [-0.3, -0.25) is 0 Å². The van der Waals surface area contributed by atoms with E-state index in [-0.39, 0.29) is 0 Å². The van der Waals surface area contributed by atoms with E-state index in [0.29, 0.717) is 5.78 Å². The van der Waals surface area contributed by atoms with Crippen LogP contribution in [0.5, 0.6) is 0 Å². The molecule has 0 amide bonds. The number of thioether (sulfide) groups is 1. The largest absolute Gasteiger partial charge is 0.340 e. The highest BCUT2D eigenvalue weighted by molar-refractivity contribution is 7.98. The summed E-state index contributed by atoms with van der Waals surface area (Å²) in [5, 5.41) is 7.50. The molecular formula is C13H13N5S. The van der Waals surface area contributed by atoms with Crippen molar-refractivity contribution in [3.8, 4) is 0 Å². The van der Waals surface area contributed by atoms with Gasteiger partial charge in [0.05, 0.1) is 0 Å². The van der Waals surface area contributed by atoms with E-state index in [0.717, 1.165) is 17.2 Å². The van der Waals surface area contributed by atoms with Gasteiger partial charge < -0.3 is 5.32 Å². The predicted molar refractivity (Wildman–Crippen MR) is 77.0 cm³/mol. The van der Waals surface area contributed by atoms with Gasteiger partial charge in [0.25, 0.3) is 5.78 Å². The molecule has 5 nitrogen and oxygen atoms in total. The third-order valence-corrected chi connectivity index (χ3v) is 3.49. The van der Waals surface area contributed by atoms with Crippen molar-refractivity contribution in [2.45, 2.75) is 11.8 Å². The topological polar surface area (TPSA) is 55.1 Å². The number of fused-ring (bicyclic) bond motifs is 1. The van der Waals surface area contributed by atoms with Crippen molar-refractivity contribution in [3.05, 3.63) is 42.4 Å². The summed E-state index contributed by atoms with van der Waals surface area (Å²) in [6, 6.07) is 10.2. The maximum absolute atomic E-state index is 4.31. The molecule has 0 atom stereocenters. The van der Waals surface area contributed by atoms with Crippen LogP contribution in [0.1, 0.15) is 5.69 Å². The lowest BCUT2D eigenvalue weighted by Gasteiger charge is -2.09. The Morgan fingerprint density at radius 2 is 2.00 bits per heavy atom. The quantitative estimate of drug-likeness (QED) is 0.742. The van der Waals surface area contributed by atoms with E-state index in [1.165, 1.54) is 11.2 Å².